The maximum Gasteiger partial charge on any atom is 0.305 e. The van der Waals surface area contributed by atoms with E-state index in [1.165, 1.54) is 0 Å². The predicted octanol–water partition coefficient (Wildman–Crippen LogP) is 5.29. The fourth-order valence-electron chi connectivity index (χ4n) is 2.38. The number of ether oxygens (including phenoxy) is 2. The molecule has 0 spiro atoms. The number of unbranched alkanes of at least 4 members (excludes halogenated alkanes) is 5. The number of rotatable bonds is 15. The van der Waals surface area contributed by atoms with Gasteiger partial charge in [0.2, 0.25) is 0 Å². The van der Waals surface area contributed by atoms with Crippen molar-refractivity contribution in [2.24, 2.45) is 11.8 Å². The average molecular weight is 343 g/mol. The average Bonchev–Trinajstić information content (AvgIpc) is 2.56. The molecule has 0 atom stereocenters. The van der Waals surface area contributed by atoms with E-state index in [1.54, 1.807) is 0 Å². The number of hydrogen-bond acceptors (Lipinski definition) is 4. The van der Waals surface area contributed by atoms with Crippen molar-refractivity contribution in [3.05, 3.63) is 0 Å². The van der Waals surface area contributed by atoms with Crippen LogP contribution in [0.5, 0.6) is 0 Å². The molecular weight excluding hydrogens is 304 g/mol. The molecule has 0 unspecified atom stereocenters. The summed E-state index contributed by atoms with van der Waals surface area (Å²) in [6, 6.07) is 0. The van der Waals surface area contributed by atoms with Crippen molar-refractivity contribution in [2.75, 3.05) is 13.2 Å². The molecule has 0 saturated heterocycles. The van der Waals surface area contributed by atoms with Gasteiger partial charge in [-0.2, -0.15) is 0 Å². The summed E-state index contributed by atoms with van der Waals surface area (Å²) in [5.74, 6) is 0.760. The minimum Gasteiger partial charge on any atom is -0.465 e. The lowest BCUT2D eigenvalue weighted by Gasteiger charge is -2.12. The van der Waals surface area contributed by atoms with E-state index in [9.17, 15) is 9.59 Å². The summed E-state index contributed by atoms with van der Waals surface area (Å²) >= 11 is 0. The molecule has 0 aromatic heterocycles. The van der Waals surface area contributed by atoms with Gasteiger partial charge in [-0.25, -0.2) is 0 Å². The van der Waals surface area contributed by atoms with Crippen LogP contribution in [0.4, 0.5) is 0 Å². The van der Waals surface area contributed by atoms with Crippen LogP contribution < -0.4 is 0 Å². The van der Waals surface area contributed by atoms with Gasteiger partial charge in [0, 0.05) is 12.8 Å². The highest BCUT2D eigenvalue weighted by Crippen LogP contribution is 2.11. The highest BCUT2D eigenvalue weighted by Gasteiger charge is 2.08. The van der Waals surface area contributed by atoms with E-state index < -0.39 is 0 Å². The zero-order valence-electron chi connectivity index (χ0n) is 16.3. The van der Waals surface area contributed by atoms with Crippen molar-refractivity contribution in [3.8, 4) is 0 Å². The first-order valence-corrected chi connectivity index (χ1v) is 9.80. The Labute approximate surface area is 148 Å². The van der Waals surface area contributed by atoms with Crippen LogP contribution in [-0.4, -0.2) is 25.2 Å². The van der Waals surface area contributed by atoms with Gasteiger partial charge >= 0.3 is 11.9 Å². The Hall–Kier alpha value is -1.06. The first kappa shape index (κ1) is 22.9. The van der Waals surface area contributed by atoms with E-state index in [1.807, 2.05) is 13.8 Å². The van der Waals surface area contributed by atoms with Crippen molar-refractivity contribution in [2.45, 2.75) is 91.9 Å². The Morgan fingerprint density at radius 2 is 1.12 bits per heavy atom. The maximum absolute atomic E-state index is 11.6. The molecule has 0 bridgehead atoms. The van der Waals surface area contributed by atoms with Crippen molar-refractivity contribution in [1.29, 1.82) is 0 Å². The van der Waals surface area contributed by atoms with E-state index in [4.69, 9.17) is 9.47 Å². The van der Waals surface area contributed by atoms with Crippen LogP contribution in [0.1, 0.15) is 91.9 Å². The summed E-state index contributed by atoms with van der Waals surface area (Å²) in [4.78, 5) is 23.1. The van der Waals surface area contributed by atoms with E-state index in [0.29, 0.717) is 37.9 Å². The second-order valence-corrected chi connectivity index (χ2v) is 7.06. The van der Waals surface area contributed by atoms with Gasteiger partial charge in [0.15, 0.2) is 0 Å². The Bertz CT molecular complexity index is 322. The zero-order chi connectivity index (χ0) is 18.2. The molecule has 0 saturated carbocycles. The fraction of sp³-hybridized carbons (Fsp3) is 0.900. The van der Waals surface area contributed by atoms with Crippen molar-refractivity contribution in [1.82, 2.24) is 0 Å². The lowest BCUT2D eigenvalue weighted by atomic mass is 10.1. The van der Waals surface area contributed by atoms with Crippen LogP contribution in [0, 0.1) is 11.8 Å². The van der Waals surface area contributed by atoms with Crippen LogP contribution in [0.15, 0.2) is 0 Å². The molecule has 4 heteroatoms. The lowest BCUT2D eigenvalue weighted by molar-refractivity contribution is -0.146. The highest BCUT2D eigenvalue weighted by molar-refractivity contribution is 5.69. The first-order valence-electron chi connectivity index (χ1n) is 9.80. The predicted molar refractivity (Wildman–Crippen MR) is 97.8 cm³/mol. The Morgan fingerprint density at radius 3 is 1.54 bits per heavy atom. The number of hydrogen-bond donors (Lipinski definition) is 0. The van der Waals surface area contributed by atoms with E-state index in [2.05, 4.69) is 13.8 Å². The summed E-state index contributed by atoms with van der Waals surface area (Å²) in [6.07, 6.45) is 9.31. The Kier molecular flexibility index (Phi) is 14.8. The van der Waals surface area contributed by atoms with Crippen molar-refractivity contribution < 1.29 is 19.1 Å². The van der Waals surface area contributed by atoms with Gasteiger partial charge in [-0.15, -0.1) is 0 Å². The Morgan fingerprint density at radius 1 is 0.708 bits per heavy atom. The summed E-state index contributed by atoms with van der Waals surface area (Å²) in [5.41, 5.74) is 0. The SMILES string of the molecule is CCC(CC)COC(=O)CCCCCCCCC(=O)OCC(C)C. The third-order valence-corrected chi connectivity index (χ3v) is 4.22. The third kappa shape index (κ3) is 14.5. The second kappa shape index (κ2) is 15.5. The van der Waals surface area contributed by atoms with Gasteiger partial charge in [0.1, 0.15) is 0 Å². The molecule has 0 aliphatic carbocycles. The molecule has 142 valence electrons. The molecular formula is C20H38O4. The molecule has 4 nitrogen and oxygen atoms in total. The summed E-state index contributed by atoms with van der Waals surface area (Å²) in [7, 11) is 0. The minimum absolute atomic E-state index is 0.0604. The molecule has 0 aliphatic rings. The lowest BCUT2D eigenvalue weighted by Crippen LogP contribution is -2.12. The van der Waals surface area contributed by atoms with Gasteiger partial charge < -0.3 is 9.47 Å². The molecule has 0 N–H and O–H groups in total. The van der Waals surface area contributed by atoms with Crippen LogP contribution in [0.3, 0.4) is 0 Å². The van der Waals surface area contributed by atoms with Crippen molar-refractivity contribution in [3.63, 3.8) is 0 Å². The highest BCUT2D eigenvalue weighted by atomic mass is 16.5. The third-order valence-electron chi connectivity index (χ3n) is 4.22. The number of carbonyl (C=O) groups excluding carboxylic acids is 2. The fourth-order valence-corrected chi connectivity index (χ4v) is 2.38. The van der Waals surface area contributed by atoms with Gasteiger partial charge in [-0.1, -0.05) is 66.2 Å². The summed E-state index contributed by atoms with van der Waals surface area (Å²) in [5, 5.41) is 0. The summed E-state index contributed by atoms with van der Waals surface area (Å²) < 4.78 is 10.4. The van der Waals surface area contributed by atoms with Crippen LogP contribution in [0.25, 0.3) is 0 Å². The molecule has 0 rings (SSSR count). The van der Waals surface area contributed by atoms with Gasteiger partial charge in [0.25, 0.3) is 0 Å². The minimum atomic E-state index is -0.0797. The van der Waals surface area contributed by atoms with Crippen molar-refractivity contribution >= 4 is 11.9 Å². The van der Waals surface area contributed by atoms with E-state index in [-0.39, 0.29) is 11.9 Å². The summed E-state index contributed by atoms with van der Waals surface area (Å²) in [6.45, 7) is 9.42. The molecule has 0 aromatic rings. The standard InChI is InChI=1S/C20H38O4/c1-5-18(6-2)16-24-20(22)14-12-10-8-7-9-11-13-19(21)23-15-17(3)4/h17-18H,5-16H2,1-4H3. The molecule has 0 radical (unpaired) electrons. The maximum atomic E-state index is 11.6. The molecule has 0 aromatic carbocycles. The van der Waals surface area contributed by atoms with Crippen LogP contribution >= 0.6 is 0 Å². The molecule has 0 amide bonds. The normalized spacial score (nSPS) is 11.1. The van der Waals surface area contributed by atoms with Crippen LogP contribution in [-0.2, 0) is 19.1 Å². The van der Waals surface area contributed by atoms with E-state index >= 15 is 0 Å². The molecule has 0 fully saturated rings. The Balaban J connectivity index is 3.38. The molecule has 0 aliphatic heterocycles. The molecule has 24 heavy (non-hydrogen) atoms. The number of esters is 2. The first-order chi connectivity index (χ1) is 11.5. The number of carbonyl (C=O) groups is 2. The van der Waals surface area contributed by atoms with Crippen LogP contribution in [0.2, 0.25) is 0 Å². The largest absolute Gasteiger partial charge is 0.465 e. The topological polar surface area (TPSA) is 52.6 Å². The second-order valence-electron chi connectivity index (χ2n) is 7.06. The van der Waals surface area contributed by atoms with Gasteiger partial charge in [-0.3, -0.25) is 9.59 Å². The molecule has 0 heterocycles. The van der Waals surface area contributed by atoms with Gasteiger partial charge in [-0.05, 0) is 24.7 Å². The monoisotopic (exact) mass is 342 g/mol. The smallest absolute Gasteiger partial charge is 0.305 e. The van der Waals surface area contributed by atoms with Gasteiger partial charge in [0.05, 0.1) is 13.2 Å². The zero-order valence-corrected chi connectivity index (χ0v) is 16.3. The van der Waals surface area contributed by atoms with E-state index in [0.717, 1.165) is 51.4 Å². The quantitative estimate of drug-likeness (QED) is 0.300.